The fourth-order valence-corrected chi connectivity index (χ4v) is 4.84. The Bertz CT molecular complexity index is 1200. The summed E-state index contributed by atoms with van der Waals surface area (Å²) in [6.07, 6.45) is 3.34. The van der Waals surface area contributed by atoms with Crippen LogP contribution in [0, 0.1) is 0 Å². The Hall–Kier alpha value is -2.33. The van der Waals surface area contributed by atoms with Gasteiger partial charge in [0.2, 0.25) is 0 Å². The summed E-state index contributed by atoms with van der Waals surface area (Å²) < 4.78 is 32.9. The highest BCUT2D eigenvalue weighted by atomic mass is 35.5. The number of ether oxygens (including phenoxy) is 1. The van der Waals surface area contributed by atoms with E-state index in [1.165, 1.54) is 36.4 Å². The first-order valence-electron chi connectivity index (χ1n) is 9.94. The summed E-state index contributed by atoms with van der Waals surface area (Å²) in [5.41, 5.74) is 0.0553. The molecule has 0 unspecified atom stereocenters. The molecule has 0 saturated heterocycles. The summed E-state index contributed by atoms with van der Waals surface area (Å²) in [5.74, 6) is -1.19. The van der Waals surface area contributed by atoms with E-state index in [9.17, 15) is 18.0 Å². The zero-order valence-electron chi connectivity index (χ0n) is 17.2. The first kappa shape index (κ1) is 25.3. The summed E-state index contributed by atoms with van der Waals surface area (Å²) >= 11 is 17.8. The normalized spacial score (nSPS) is 14.1. The highest BCUT2D eigenvalue weighted by Gasteiger charge is 2.21. The molecule has 2 N–H and O–H groups in total. The zero-order chi connectivity index (χ0) is 24.0. The second kappa shape index (κ2) is 11.2. The number of halogens is 3. The highest BCUT2D eigenvalue weighted by Crippen LogP contribution is 2.31. The summed E-state index contributed by atoms with van der Waals surface area (Å²) in [6, 6.07) is 8.49. The molecular weight excluding hydrogens is 513 g/mol. The lowest BCUT2D eigenvalue weighted by atomic mass is 10.2. The van der Waals surface area contributed by atoms with Crippen LogP contribution < -0.4 is 10.0 Å². The standard InChI is InChI=1S/C21H20Cl3N3O5S/c22-15-8-9-16(23)20(24)19(15)21(29)32-12-18(28)26-13-5-4-6-14(11-13)33(30,31)27-17-7-2-1-3-10-25-17/h4-6,8-9,11H,1-3,7,10,12H2,(H,25,27)(H,26,28). The molecule has 0 saturated carbocycles. The van der Waals surface area contributed by atoms with Gasteiger partial charge in [-0.25, -0.2) is 13.2 Å². The van der Waals surface area contributed by atoms with Crippen molar-refractivity contribution in [2.24, 2.45) is 4.99 Å². The van der Waals surface area contributed by atoms with E-state index in [2.05, 4.69) is 15.0 Å². The van der Waals surface area contributed by atoms with Gasteiger partial charge in [0.25, 0.3) is 15.9 Å². The third-order valence-corrected chi connectivity index (χ3v) is 7.14. The number of amidine groups is 1. The topological polar surface area (TPSA) is 114 Å². The molecule has 12 heteroatoms. The van der Waals surface area contributed by atoms with Gasteiger partial charge in [0, 0.05) is 18.7 Å². The van der Waals surface area contributed by atoms with Gasteiger partial charge in [0.1, 0.15) is 5.84 Å². The van der Waals surface area contributed by atoms with Crippen LogP contribution in [0.4, 0.5) is 5.69 Å². The average molecular weight is 533 g/mol. The summed E-state index contributed by atoms with van der Waals surface area (Å²) in [5, 5.41) is 2.54. The maximum Gasteiger partial charge on any atom is 0.341 e. The summed E-state index contributed by atoms with van der Waals surface area (Å²) in [4.78, 5) is 28.7. The number of carbonyl (C=O) groups excluding carboxylic acids is 2. The molecule has 1 aliphatic heterocycles. The second-order valence-corrected chi connectivity index (χ2v) is 9.99. The SMILES string of the molecule is O=C(COC(=O)c1c(Cl)ccc(Cl)c1Cl)Nc1cccc(S(=O)(=O)NC2=NCCCCC2)c1. The Morgan fingerprint density at radius 1 is 1.03 bits per heavy atom. The Kier molecular flexibility index (Phi) is 8.58. The van der Waals surface area contributed by atoms with Crippen molar-refractivity contribution in [1.29, 1.82) is 0 Å². The van der Waals surface area contributed by atoms with Crippen molar-refractivity contribution in [1.82, 2.24) is 4.72 Å². The molecule has 176 valence electrons. The number of benzene rings is 2. The van der Waals surface area contributed by atoms with E-state index >= 15 is 0 Å². The first-order chi connectivity index (χ1) is 15.7. The van der Waals surface area contributed by atoms with Crippen LogP contribution >= 0.6 is 34.8 Å². The van der Waals surface area contributed by atoms with Crippen molar-refractivity contribution in [2.45, 2.75) is 30.6 Å². The Labute approximate surface area is 206 Å². The molecule has 33 heavy (non-hydrogen) atoms. The highest BCUT2D eigenvalue weighted by molar-refractivity contribution is 7.90. The van der Waals surface area contributed by atoms with Crippen molar-refractivity contribution in [2.75, 3.05) is 18.5 Å². The van der Waals surface area contributed by atoms with Gasteiger partial charge in [-0.15, -0.1) is 0 Å². The van der Waals surface area contributed by atoms with Gasteiger partial charge in [0.15, 0.2) is 6.61 Å². The molecule has 0 atom stereocenters. The Morgan fingerprint density at radius 3 is 2.58 bits per heavy atom. The van der Waals surface area contributed by atoms with E-state index in [0.29, 0.717) is 18.8 Å². The lowest BCUT2D eigenvalue weighted by molar-refractivity contribution is -0.119. The van der Waals surface area contributed by atoms with Gasteiger partial charge in [-0.1, -0.05) is 47.3 Å². The van der Waals surface area contributed by atoms with Crippen LogP contribution in [0.25, 0.3) is 0 Å². The molecule has 2 aromatic rings. The lowest BCUT2D eigenvalue weighted by Gasteiger charge is -2.12. The molecule has 0 aromatic heterocycles. The minimum atomic E-state index is -3.87. The van der Waals surface area contributed by atoms with Crippen LogP contribution in [-0.4, -0.2) is 39.3 Å². The third-order valence-electron chi connectivity index (χ3n) is 4.64. The molecule has 3 rings (SSSR count). The van der Waals surface area contributed by atoms with Crippen LogP contribution in [-0.2, 0) is 19.6 Å². The molecule has 1 amide bonds. The molecule has 0 fully saturated rings. The fourth-order valence-electron chi connectivity index (χ4n) is 3.03. The molecule has 1 aliphatic rings. The van der Waals surface area contributed by atoms with Gasteiger partial charge in [-0.05, 0) is 43.2 Å². The number of hydrogen-bond donors (Lipinski definition) is 2. The number of carbonyl (C=O) groups is 2. The predicted molar refractivity (Wildman–Crippen MR) is 128 cm³/mol. The zero-order valence-corrected chi connectivity index (χ0v) is 20.3. The van der Waals surface area contributed by atoms with Gasteiger partial charge in [0.05, 0.1) is 25.5 Å². The monoisotopic (exact) mass is 531 g/mol. The van der Waals surface area contributed by atoms with Gasteiger partial charge < -0.3 is 10.1 Å². The smallest absolute Gasteiger partial charge is 0.341 e. The van der Waals surface area contributed by atoms with E-state index in [-0.39, 0.29) is 31.2 Å². The van der Waals surface area contributed by atoms with Crippen molar-refractivity contribution in [3.05, 3.63) is 57.0 Å². The number of anilines is 1. The quantitative estimate of drug-likeness (QED) is 0.414. The number of nitrogens with one attached hydrogen (secondary N) is 2. The van der Waals surface area contributed by atoms with Crippen LogP contribution in [0.3, 0.4) is 0 Å². The molecule has 0 aliphatic carbocycles. The molecule has 1 heterocycles. The minimum Gasteiger partial charge on any atom is -0.452 e. The number of hydrogen-bond acceptors (Lipinski definition) is 6. The largest absolute Gasteiger partial charge is 0.452 e. The number of aliphatic imine (C=N–C) groups is 1. The molecule has 0 radical (unpaired) electrons. The van der Waals surface area contributed by atoms with E-state index < -0.39 is 28.5 Å². The van der Waals surface area contributed by atoms with Crippen molar-refractivity contribution in [3.8, 4) is 0 Å². The lowest BCUT2D eigenvalue weighted by Crippen LogP contribution is -2.30. The molecule has 8 nitrogen and oxygen atoms in total. The number of esters is 1. The average Bonchev–Trinajstić information content (AvgIpc) is 3.03. The van der Waals surface area contributed by atoms with Crippen LogP contribution in [0.15, 0.2) is 46.3 Å². The number of sulfonamides is 1. The fraction of sp³-hybridized carbons (Fsp3) is 0.286. The molecule has 0 bridgehead atoms. The van der Waals surface area contributed by atoms with E-state index in [1.807, 2.05) is 0 Å². The van der Waals surface area contributed by atoms with Gasteiger partial charge >= 0.3 is 5.97 Å². The van der Waals surface area contributed by atoms with E-state index in [0.717, 1.165) is 19.3 Å². The van der Waals surface area contributed by atoms with Gasteiger partial charge in [-0.2, -0.15) is 0 Å². The van der Waals surface area contributed by atoms with Crippen LogP contribution in [0.2, 0.25) is 15.1 Å². The van der Waals surface area contributed by atoms with Crippen molar-refractivity contribution in [3.63, 3.8) is 0 Å². The van der Waals surface area contributed by atoms with Crippen molar-refractivity contribution >= 4 is 68.2 Å². The second-order valence-electron chi connectivity index (χ2n) is 7.11. The van der Waals surface area contributed by atoms with Crippen molar-refractivity contribution < 1.29 is 22.7 Å². The Balaban J connectivity index is 1.63. The number of amides is 1. The first-order valence-corrected chi connectivity index (χ1v) is 12.6. The molecule has 2 aromatic carbocycles. The van der Waals surface area contributed by atoms with E-state index in [1.54, 1.807) is 0 Å². The van der Waals surface area contributed by atoms with Crippen LogP contribution in [0.1, 0.15) is 36.0 Å². The molecule has 0 spiro atoms. The maximum absolute atomic E-state index is 12.7. The summed E-state index contributed by atoms with van der Waals surface area (Å²) in [7, 11) is -3.87. The number of rotatable bonds is 6. The molecular formula is C21H20Cl3N3O5S. The van der Waals surface area contributed by atoms with Gasteiger partial charge in [-0.3, -0.25) is 14.5 Å². The third kappa shape index (κ3) is 6.83. The summed E-state index contributed by atoms with van der Waals surface area (Å²) in [6.45, 7) is -0.0671. The predicted octanol–water partition coefficient (Wildman–Crippen LogP) is 4.69. The Morgan fingerprint density at radius 2 is 1.79 bits per heavy atom. The van der Waals surface area contributed by atoms with Crippen LogP contribution in [0.5, 0.6) is 0 Å². The minimum absolute atomic E-state index is 0.0264. The van der Waals surface area contributed by atoms with E-state index in [4.69, 9.17) is 39.5 Å². The number of nitrogens with zero attached hydrogens (tertiary/aromatic N) is 1. The maximum atomic E-state index is 12.7.